The average Bonchev–Trinajstić information content (AvgIpc) is 2.67. The number of pyridine rings is 1. The molecule has 2 aromatic rings. The Morgan fingerprint density at radius 2 is 1.81 bits per heavy atom. The van der Waals surface area contributed by atoms with Crippen LogP contribution in [0, 0.1) is 0 Å². The molecule has 1 amide bonds. The van der Waals surface area contributed by atoms with E-state index >= 15 is 0 Å². The van der Waals surface area contributed by atoms with E-state index < -0.39 is 10.0 Å². The zero-order chi connectivity index (χ0) is 19.0. The number of rotatable bonds is 9. The van der Waals surface area contributed by atoms with Gasteiger partial charge in [-0.15, -0.1) is 0 Å². The van der Waals surface area contributed by atoms with E-state index in [-0.39, 0.29) is 10.8 Å². The molecule has 8 heteroatoms. The molecule has 1 aromatic heterocycles. The van der Waals surface area contributed by atoms with Gasteiger partial charge < -0.3 is 10.1 Å². The molecule has 0 aliphatic carbocycles. The summed E-state index contributed by atoms with van der Waals surface area (Å²) in [5.74, 6) is -0.267. The summed E-state index contributed by atoms with van der Waals surface area (Å²) < 4.78 is 31.5. The van der Waals surface area contributed by atoms with E-state index in [1.165, 1.54) is 28.6 Å². The van der Waals surface area contributed by atoms with Crippen molar-refractivity contribution in [3.05, 3.63) is 59.9 Å². The molecule has 7 nitrogen and oxygen atoms in total. The average molecular weight is 377 g/mol. The number of hydrogen-bond acceptors (Lipinski definition) is 5. The zero-order valence-corrected chi connectivity index (χ0v) is 15.7. The molecule has 0 aliphatic heterocycles. The summed E-state index contributed by atoms with van der Waals surface area (Å²) in [4.78, 5) is 16.0. The number of aromatic nitrogens is 1. The van der Waals surface area contributed by atoms with Crippen LogP contribution in [-0.4, -0.2) is 57.5 Å². The van der Waals surface area contributed by atoms with E-state index in [1.807, 2.05) is 12.1 Å². The van der Waals surface area contributed by atoms with Gasteiger partial charge in [-0.3, -0.25) is 9.78 Å². The number of nitrogens with zero attached hydrogens (tertiary/aromatic N) is 2. The molecule has 0 fully saturated rings. The molecule has 0 aliphatic rings. The van der Waals surface area contributed by atoms with Gasteiger partial charge in [0.1, 0.15) is 0 Å². The Labute approximate surface area is 154 Å². The van der Waals surface area contributed by atoms with Crippen LogP contribution in [0.4, 0.5) is 0 Å². The van der Waals surface area contributed by atoms with Crippen molar-refractivity contribution in [3.8, 4) is 0 Å². The van der Waals surface area contributed by atoms with Gasteiger partial charge in [-0.2, -0.15) is 0 Å². The molecule has 0 spiro atoms. The number of benzene rings is 1. The Bertz CT molecular complexity index is 808. The minimum absolute atomic E-state index is 0.156. The van der Waals surface area contributed by atoms with Gasteiger partial charge >= 0.3 is 0 Å². The van der Waals surface area contributed by atoms with Crippen LogP contribution in [0.1, 0.15) is 15.9 Å². The van der Waals surface area contributed by atoms with Crippen LogP contribution in [0.15, 0.2) is 53.7 Å². The molecule has 0 radical (unpaired) electrons. The molecule has 2 rings (SSSR count). The van der Waals surface area contributed by atoms with Gasteiger partial charge in [-0.05, 0) is 48.4 Å². The van der Waals surface area contributed by atoms with E-state index in [4.69, 9.17) is 4.74 Å². The van der Waals surface area contributed by atoms with Crippen molar-refractivity contribution >= 4 is 15.9 Å². The number of hydrogen-bond donors (Lipinski definition) is 1. The van der Waals surface area contributed by atoms with Crippen molar-refractivity contribution in [3.63, 3.8) is 0 Å². The van der Waals surface area contributed by atoms with Crippen molar-refractivity contribution in [1.29, 1.82) is 0 Å². The van der Waals surface area contributed by atoms with E-state index in [2.05, 4.69) is 10.3 Å². The Balaban J connectivity index is 2.00. The predicted octanol–water partition coefficient (Wildman–Crippen LogP) is 1.32. The van der Waals surface area contributed by atoms with Gasteiger partial charge in [0.2, 0.25) is 10.0 Å². The second-order valence-corrected chi connectivity index (χ2v) is 7.75. The normalized spacial score (nSPS) is 11.5. The van der Waals surface area contributed by atoms with Crippen molar-refractivity contribution in [2.45, 2.75) is 11.3 Å². The van der Waals surface area contributed by atoms with Gasteiger partial charge in [0.25, 0.3) is 5.91 Å². The molecule has 1 heterocycles. The van der Waals surface area contributed by atoms with Crippen molar-refractivity contribution in [2.24, 2.45) is 0 Å². The number of likely N-dealkylation sites (N-methyl/N-ethyl adjacent to an activating group) is 1. The molecule has 140 valence electrons. The molecule has 1 N–H and O–H groups in total. The van der Waals surface area contributed by atoms with E-state index in [0.29, 0.717) is 31.7 Å². The van der Waals surface area contributed by atoms with Gasteiger partial charge in [0.05, 0.1) is 11.5 Å². The van der Waals surface area contributed by atoms with Crippen LogP contribution in [0.5, 0.6) is 0 Å². The number of sulfonamides is 1. The maximum atomic E-state index is 12.6. The van der Waals surface area contributed by atoms with Gasteiger partial charge in [-0.25, -0.2) is 12.7 Å². The number of carbonyl (C=O) groups is 1. The molecule has 0 saturated carbocycles. The van der Waals surface area contributed by atoms with Crippen LogP contribution in [0.3, 0.4) is 0 Å². The Kier molecular flexibility index (Phi) is 7.26. The first-order chi connectivity index (χ1) is 12.4. The molecule has 0 unspecified atom stereocenters. The monoisotopic (exact) mass is 377 g/mol. The fourth-order valence-electron chi connectivity index (χ4n) is 2.28. The molecule has 26 heavy (non-hydrogen) atoms. The standard InChI is InChI=1S/C18H23N3O4S/c1-21(13-9-15-7-10-19-11-8-15)26(23,24)17-5-3-16(4-6-17)18(22)20-12-14-25-2/h3-8,10-11H,9,12-14H2,1-2H3,(H,20,22). The van der Waals surface area contributed by atoms with Gasteiger partial charge in [-0.1, -0.05) is 0 Å². The first kappa shape index (κ1) is 20.0. The van der Waals surface area contributed by atoms with Crippen molar-refractivity contribution < 1.29 is 17.9 Å². The first-order valence-electron chi connectivity index (χ1n) is 8.17. The number of nitrogens with one attached hydrogen (secondary N) is 1. The Hall–Kier alpha value is -2.29. The summed E-state index contributed by atoms with van der Waals surface area (Å²) in [5.41, 5.74) is 1.42. The molecule has 0 bridgehead atoms. The number of carbonyl (C=O) groups excluding carboxylic acids is 1. The molecular weight excluding hydrogens is 354 g/mol. The van der Waals surface area contributed by atoms with Crippen LogP contribution < -0.4 is 5.32 Å². The topological polar surface area (TPSA) is 88.6 Å². The molecule has 0 atom stereocenters. The van der Waals surface area contributed by atoms with Crippen LogP contribution in [-0.2, 0) is 21.2 Å². The highest BCUT2D eigenvalue weighted by Gasteiger charge is 2.20. The van der Waals surface area contributed by atoms with E-state index in [0.717, 1.165) is 5.56 Å². The molecular formula is C18H23N3O4S. The summed E-state index contributed by atoms with van der Waals surface area (Å²) in [7, 11) is -0.510. The SMILES string of the molecule is COCCNC(=O)c1ccc(S(=O)(=O)N(C)CCc2ccncc2)cc1. The second kappa shape index (κ2) is 9.42. The summed E-state index contributed by atoms with van der Waals surface area (Å²) >= 11 is 0. The third kappa shape index (κ3) is 5.35. The third-order valence-corrected chi connectivity index (χ3v) is 5.75. The van der Waals surface area contributed by atoms with Crippen molar-refractivity contribution in [2.75, 3.05) is 33.9 Å². The lowest BCUT2D eigenvalue weighted by molar-refractivity contribution is 0.0937. The highest BCUT2D eigenvalue weighted by Crippen LogP contribution is 2.16. The Morgan fingerprint density at radius 1 is 1.15 bits per heavy atom. The lowest BCUT2D eigenvalue weighted by Crippen LogP contribution is -2.29. The minimum atomic E-state index is -3.61. The number of amides is 1. The van der Waals surface area contributed by atoms with Crippen LogP contribution >= 0.6 is 0 Å². The summed E-state index contributed by atoms with van der Waals surface area (Å²) in [6, 6.07) is 9.62. The molecule has 0 saturated heterocycles. The zero-order valence-electron chi connectivity index (χ0n) is 14.9. The summed E-state index contributed by atoms with van der Waals surface area (Å²) in [5, 5.41) is 2.69. The summed E-state index contributed by atoms with van der Waals surface area (Å²) in [6.45, 7) is 1.17. The number of ether oxygens (including phenoxy) is 1. The predicted molar refractivity (Wildman–Crippen MR) is 98.4 cm³/mol. The fraction of sp³-hybridized carbons (Fsp3) is 0.333. The van der Waals surface area contributed by atoms with E-state index in [1.54, 1.807) is 26.6 Å². The summed E-state index contributed by atoms with van der Waals surface area (Å²) in [6.07, 6.45) is 3.96. The van der Waals surface area contributed by atoms with Crippen LogP contribution in [0.25, 0.3) is 0 Å². The quantitative estimate of drug-likeness (QED) is 0.666. The smallest absolute Gasteiger partial charge is 0.251 e. The largest absolute Gasteiger partial charge is 0.383 e. The highest BCUT2D eigenvalue weighted by molar-refractivity contribution is 7.89. The third-order valence-electron chi connectivity index (χ3n) is 3.88. The molecule has 1 aromatic carbocycles. The Morgan fingerprint density at radius 3 is 2.42 bits per heavy atom. The maximum absolute atomic E-state index is 12.6. The number of methoxy groups -OCH3 is 1. The fourth-order valence-corrected chi connectivity index (χ4v) is 3.45. The minimum Gasteiger partial charge on any atom is -0.383 e. The highest BCUT2D eigenvalue weighted by atomic mass is 32.2. The van der Waals surface area contributed by atoms with Gasteiger partial charge in [0, 0.05) is 45.2 Å². The second-order valence-electron chi connectivity index (χ2n) is 5.71. The van der Waals surface area contributed by atoms with Crippen molar-refractivity contribution in [1.82, 2.24) is 14.6 Å². The maximum Gasteiger partial charge on any atom is 0.251 e. The lowest BCUT2D eigenvalue weighted by Gasteiger charge is -2.17. The van der Waals surface area contributed by atoms with Gasteiger partial charge in [0.15, 0.2) is 0 Å². The van der Waals surface area contributed by atoms with Crippen LogP contribution in [0.2, 0.25) is 0 Å². The first-order valence-corrected chi connectivity index (χ1v) is 9.61. The van der Waals surface area contributed by atoms with E-state index in [9.17, 15) is 13.2 Å². The lowest BCUT2D eigenvalue weighted by atomic mass is 10.2.